The molecule has 0 amide bonds. The van der Waals surface area contributed by atoms with E-state index in [9.17, 15) is 0 Å². The normalized spacial score (nSPS) is 11.0. The molecule has 294 valence electrons. The molecule has 0 heterocycles. The van der Waals surface area contributed by atoms with Crippen LogP contribution in [0.1, 0.15) is 22.6 Å². The second kappa shape index (κ2) is 17.7. The van der Waals surface area contributed by atoms with Crippen molar-refractivity contribution < 1.29 is 0 Å². The molecule has 0 aliphatic rings. The van der Waals surface area contributed by atoms with Crippen molar-refractivity contribution in [2.24, 2.45) is 0 Å². The van der Waals surface area contributed by atoms with E-state index in [0.717, 1.165) is 17.1 Å². The summed E-state index contributed by atoms with van der Waals surface area (Å²) in [4.78, 5) is 2.36. The minimum absolute atomic E-state index is 0.0469. The molecule has 62 heavy (non-hydrogen) atoms. The summed E-state index contributed by atoms with van der Waals surface area (Å²) in [5.41, 5.74) is 19.1. The van der Waals surface area contributed by atoms with Crippen molar-refractivity contribution in [2.75, 3.05) is 4.90 Å². The topological polar surface area (TPSA) is 3.24 Å². The second-order valence-corrected chi connectivity index (χ2v) is 15.8. The number of hydrogen-bond acceptors (Lipinski definition) is 1. The van der Waals surface area contributed by atoms with Gasteiger partial charge in [-0.2, -0.15) is 0 Å². The van der Waals surface area contributed by atoms with Crippen LogP contribution in [0.4, 0.5) is 17.1 Å². The monoisotopic (exact) mass is 791 g/mol. The summed E-state index contributed by atoms with van der Waals surface area (Å²) in [6.07, 6.45) is 0. The number of anilines is 3. The molecule has 0 saturated heterocycles. The van der Waals surface area contributed by atoms with E-state index in [0.29, 0.717) is 0 Å². The molecule has 0 atom stereocenters. The zero-order valence-electron chi connectivity index (χ0n) is 34.4. The molecular formula is C61H45N. The van der Waals surface area contributed by atoms with E-state index in [4.69, 9.17) is 0 Å². The van der Waals surface area contributed by atoms with E-state index < -0.39 is 0 Å². The SMILES string of the molecule is c1ccc(-c2cccc(C(c3ccc(-c4ccc(N(c5cccc(-c6ccccc6)c5)c5cccc(-c6ccccc6)c5)cc4)cc3)c3cccc(-c4ccccc4)c3)c2)cc1. The molecule has 0 radical (unpaired) electrons. The lowest BCUT2D eigenvalue weighted by Gasteiger charge is -2.27. The van der Waals surface area contributed by atoms with Crippen LogP contribution >= 0.6 is 0 Å². The summed E-state index contributed by atoms with van der Waals surface area (Å²) in [7, 11) is 0. The standard InChI is InChI=1S/C61H45N/c1-5-17-45(18-6-1)52-25-13-29-56(41-52)61(57-30-14-26-53(42-57)46-19-7-2-8-20-46)51-35-33-49(34-36-51)50-37-39-58(40-38-50)62(59-31-15-27-54(43-59)47-21-9-3-10-22-47)60-32-16-28-55(44-60)48-23-11-4-12-24-48/h1-44,61H. The molecule has 10 aromatic rings. The predicted molar refractivity (Wildman–Crippen MR) is 262 cm³/mol. The molecular weight excluding hydrogens is 747 g/mol. The minimum atomic E-state index is 0.0469. The van der Waals surface area contributed by atoms with Gasteiger partial charge in [-0.3, -0.25) is 0 Å². The van der Waals surface area contributed by atoms with Gasteiger partial charge in [0.1, 0.15) is 0 Å². The Morgan fingerprint density at radius 1 is 0.194 bits per heavy atom. The Balaban J connectivity index is 1.01. The average Bonchev–Trinajstić information content (AvgIpc) is 3.36. The number of rotatable bonds is 11. The van der Waals surface area contributed by atoms with Gasteiger partial charge in [0.05, 0.1) is 0 Å². The van der Waals surface area contributed by atoms with Crippen molar-refractivity contribution in [1.29, 1.82) is 0 Å². The van der Waals surface area contributed by atoms with Crippen LogP contribution in [-0.2, 0) is 0 Å². The van der Waals surface area contributed by atoms with Gasteiger partial charge in [-0.05, 0) is 109 Å². The molecule has 10 rings (SSSR count). The van der Waals surface area contributed by atoms with Gasteiger partial charge in [0, 0.05) is 23.0 Å². The number of benzene rings is 10. The van der Waals surface area contributed by atoms with Gasteiger partial charge in [-0.15, -0.1) is 0 Å². The lowest BCUT2D eigenvalue weighted by atomic mass is 9.82. The van der Waals surface area contributed by atoms with Gasteiger partial charge in [-0.1, -0.05) is 231 Å². The highest BCUT2D eigenvalue weighted by molar-refractivity contribution is 5.83. The quantitative estimate of drug-likeness (QED) is 0.118. The molecule has 0 spiro atoms. The zero-order chi connectivity index (χ0) is 41.5. The van der Waals surface area contributed by atoms with E-state index in [1.807, 2.05) is 0 Å². The van der Waals surface area contributed by atoms with Gasteiger partial charge < -0.3 is 4.90 Å². The van der Waals surface area contributed by atoms with Crippen LogP contribution in [-0.4, -0.2) is 0 Å². The lowest BCUT2D eigenvalue weighted by molar-refractivity contribution is 0.979. The van der Waals surface area contributed by atoms with Gasteiger partial charge in [0.2, 0.25) is 0 Å². The first-order valence-electron chi connectivity index (χ1n) is 21.4. The van der Waals surface area contributed by atoms with Crippen LogP contribution in [0.3, 0.4) is 0 Å². The first-order valence-corrected chi connectivity index (χ1v) is 21.4. The molecule has 1 nitrogen and oxygen atoms in total. The fraction of sp³-hybridized carbons (Fsp3) is 0.0164. The first kappa shape index (κ1) is 38.2. The summed E-state index contributed by atoms with van der Waals surface area (Å²) in [6, 6.07) is 96.5. The molecule has 0 N–H and O–H groups in total. The predicted octanol–water partition coefficient (Wildman–Crippen LogP) is 16.7. The summed E-state index contributed by atoms with van der Waals surface area (Å²) in [6.45, 7) is 0. The summed E-state index contributed by atoms with van der Waals surface area (Å²) in [5.74, 6) is 0.0469. The Bertz CT molecular complexity index is 2650. The maximum Gasteiger partial charge on any atom is 0.0467 e. The fourth-order valence-corrected chi connectivity index (χ4v) is 8.66. The fourth-order valence-electron chi connectivity index (χ4n) is 8.66. The number of hydrogen-bond donors (Lipinski definition) is 0. The van der Waals surface area contributed by atoms with Crippen LogP contribution in [0.15, 0.2) is 267 Å². The van der Waals surface area contributed by atoms with Crippen LogP contribution in [0, 0.1) is 0 Å². The molecule has 0 saturated carbocycles. The maximum absolute atomic E-state index is 2.36. The molecule has 10 aromatic carbocycles. The van der Waals surface area contributed by atoms with Crippen molar-refractivity contribution >= 4 is 17.1 Å². The molecule has 0 aromatic heterocycles. The van der Waals surface area contributed by atoms with Crippen molar-refractivity contribution in [3.05, 3.63) is 284 Å². The zero-order valence-corrected chi connectivity index (χ0v) is 34.4. The van der Waals surface area contributed by atoms with Crippen molar-refractivity contribution in [2.45, 2.75) is 5.92 Å². The van der Waals surface area contributed by atoms with Crippen molar-refractivity contribution in [1.82, 2.24) is 0 Å². The van der Waals surface area contributed by atoms with E-state index >= 15 is 0 Å². The molecule has 0 aliphatic heterocycles. The summed E-state index contributed by atoms with van der Waals surface area (Å²) < 4.78 is 0. The Morgan fingerprint density at radius 2 is 0.500 bits per heavy atom. The molecule has 0 aliphatic carbocycles. The highest BCUT2D eigenvalue weighted by Crippen LogP contribution is 2.40. The van der Waals surface area contributed by atoms with Crippen molar-refractivity contribution in [3.8, 4) is 55.6 Å². The second-order valence-electron chi connectivity index (χ2n) is 15.8. The summed E-state index contributed by atoms with van der Waals surface area (Å²) in [5, 5.41) is 0. The highest BCUT2D eigenvalue weighted by Gasteiger charge is 2.20. The van der Waals surface area contributed by atoms with Gasteiger partial charge >= 0.3 is 0 Å². The van der Waals surface area contributed by atoms with Crippen LogP contribution in [0.25, 0.3) is 55.6 Å². The van der Waals surface area contributed by atoms with E-state index in [-0.39, 0.29) is 5.92 Å². The van der Waals surface area contributed by atoms with Crippen LogP contribution in [0.2, 0.25) is 0 Å². The third-order valence-corrected chi connectivity index (χ3v) is 11.8. The Morgan fingerprint density at radius 3 is 0.887 bits per heavy atom. The van der Waals surface area contributed by atoms with Gasteiger partial charge in [-0.25, -0.2) is 0 Å². The number of nitrogens with zero attached hydrogens (tertiary/aromatic N) is 1. The third-order valence-electron chi connectivity index (χ3n) is 11.8. The molecule has 0 unspecified atom stereocenters. The Labute approximate surface area is 365 Å². The van der Waals surface area contributed by atoms with Crippen molar-refractivity contribution in [3.63, 3.8) is 0 Å². The van der Waals surface area contributed by atoms with Crippen LogP contribution < -0.4 is 4.90 Å². The molecule has 0 bridgehead atoms. The van der Waals surface area contributed by atoms with E-state index in [1.54, 1.807) is 0 Å². The van der Waals surface area contributed by atoms with Gasteiger partial charge in [0.25, 0.3) is 0 Å². The summed E-state index contributed by atoms with van der Waals surface area (Å²) >= 11 is 0. The Hall–Kier alpha value is -8.00. The van der Waals surface area contributed by atoms with Crippen LogP contribution in [0.5, 0.6) is 0 Å². The Kier molecular flexibility index (Phi) is 10.9. The van der Waals surface area contributed by atoms with E-state index in [1.165, 1.54) is 72.3 Å². The van der Waals surface area contributed by atoms with Gasteiger partial charge in [0.15, 0.2) is 0 Å². The van der Waals surface area contributed by atoms with E-state index in [2.05, 4.69) is 272 Å². The molecule has 1 heteroatoms. The molecule has 0 fully saturated rings. The maximum atomic E-state index is 2.36. The minimum Gasteiger partial charge on any atom is -0.310 e. The first-order chi connectivity index (χ1) is 30.7. The largest absolute Gasteiger partial charge is 0.310 e. The smallest absolute Gasteiger partial charge is 0.0467 e. The average molecular weight is 792 g/mol. The highest BCUT2D eigenvalue weighted by atomic mass is 15.1. The third kappa shape index (κ3) is 8.26. The lowest BCUT2D eigenvalue weighted by Crippen LogP contribution is -2.10.